The highest BCUT2D eigenvalue weighted by atomic mass is 28.3. The van der Waals surface area contributed by atoms with Gasteiger partial charge in [-0.25, -0.2) is 9.48 Å². The van der Waals surface area contributed by atoms with Crippen LogP contribution < -0.4 is 4.90 Å². The second-order valence-electron chi connectivity index (χ2n) is 13.7. The molecule has 0 aliphatic carbocycles. The number of carbonyl (C=O) groups is 1. The van der Waals surface area contributed by atoms with Crippen molar-refractivity contribution in [2.75, 3.05) is 57.3 Å². The number of rotatable bonds is 8. The second-order valence-corrected chi connectivity index (χ2v) is 19.3. The fourth-order valence-electron chi connectivity index (χ4n) is 5.61. The maximum Gasteiger partial charge on any atom is 0.410 e. The van der Waals surface area contributed by atoms with E-state index in [1.807, 2.05) is 36.5 Å². The maximum atomic E-state index is 12.3. The largest absolute Gasteiger partial charge is 0.444 e. The highest BCUT2D eigenvalue weighted by Gasteiger charge is 2.47. The van der Waals surface area contributed by atoms with Crippen LogP contribution >= 0.6 is 0 Å². The minimum atomic E-state index is -1.05. The Morgan fingerprint density at radius 2 is 1.78 bits per heavy atom. The fraction of sp³-hybridized carbons (Fsp3) is 0.852. The number of nitrogens with zero attached hydrogens (tertiary/aromatic N) is 5. The SMILES string of the molecule is CC(C)(C)OC(=O)N1CC2(CCN(CC3CCN(c4cnn(COCC[Si](C)(C)C)c4)CC3)CC2)C1. The predicted octanol–water partition coefficient (Wildman–Crippen LogP) is 4.74. The number of ether oxygens (including phenoxy) is 2. The van der Waals surface area contributed by atoms with Gasteiger partial charge >= 0.3 is 6.09 Å². The fourth-order valence-corrected chi connectivity index (χ4v) is 6.36. The third-order valence-corrected chi connectivity index (χ3v) is 9.66. The highest BCUT2D eigenvalue weighted by molar-refractivity contribution is 6.76. The molecule has 4 rings (SSSR count). The van der Waals surface area contributed by atoms with E-state index < -0.39 is 13.7 Å². The molecule has 0 N–H and O–H groups in total. The van der Waals surface area contributed by atoms with E-state index in [0.717, 1.165) is 51.8 Å². The Bertz CT molecular complexity index is 853. The lowest BCUT2D eigenvalue weighted by Crippen LogP contribution is -2.62. The summed E-state index contributed by atoms with van der Waals surface area (Å²) in [5.41, 5.74) is 1.14. The maximum absolute atomic E-state index is 12.3. The lowest BCUT2D eigenvalue weighted by Gasteiger charge is -2.54. The molecule has 1 aromatic rings. The summed E-state index contributed by atoms with van der Waals surface area (Å²) in [5.74, 6) is 0.773. The van der Waals surface area contributed by atoms with Gasteiger partial charge in [-0.3, -0.25) is 0 Å². The van der Waals surface area contributed by atoms with E-state index in [1.165, 1.54) is 44.0 Å². The van der Waals surface area contributed by atoms with Crippen LogP contribution in [0.3, 0.4) is 0 Å². The van der Waals surface area contributed by atoms with Gasteiger partial charge in [0.15, 0.2) is 0 Å². The average molecular weight is 520 g/mol. The van der Waals surface area contributed by atoms with Crippen LogP contribution in [0.2, 0.25) is 25.7 Å². The normalized spacial score (nSPS) is 21.6. The molecule has 36 heavy (non-hydrogen) atoms. The molecule has 8 nitrogen and oxygen atoms in total. The topological polar surface area (TPSA) is 63.1 Å². The lowest BCUT2D eigenvalue weighted by molar-refractivity contribution is -0.0607. The third kappa shape index (κ3) is 7.71. The Hall–Kier alpha value is -1.58. The van der Waals surface area contributed by atoms with Crippen molar-refractivity contribution in [3.05, 3.63) is 12.4 Å². The van der Waals surface area contributed by atoms with Gasteiger partial charge in [0.25, 0.3) is 0 Å². The molecule has 9 heteroatoms. The van der Waals surface area contributed by atoms with Crippen LogP contribution in [0.5, 0.6) is 0 Å². The number of amides is 1. The standard InChI is InChI=1S/C27H49N5O3Si/c1-26(2,3)35-25(33)31-20-27(21-31)9-13-29(14-10-27)18-23-7-11-30(12-8-23)24-17-28-32(19-24)22-34-15-16-36(4,5)6/h17,19,23H,7-16,18,20-22H2,1-6H3. The molecular weight excluding hydrogens is 470 g/mol. The van der Waals surface area contributed by atoms with E-state index in [4.69, 9.17) is 9.47 Å². The molecule has 0 radical (unpaired) electrons. The number of anilines is 1. The molecule has 3 saturated heterocycles. The van der Waals surface area contributed by atoms with Gasteiger partial charge in [0, 0.05) is 52.8 Å². The highest BCUT2D eigenvalue weighted by Crippen LogP contribution is 2.41. The first-order valence-corrected chi connectivity index (χ1v) is 17.7. The Balaban J connectivity index is 1.12. The van der Waals surface area contributed by atoms with E-state index in [0.29, 0.717) is 12.1 Å². The number of piperidine rings is 2. The van der Waals surface area contributed by atoms with Gasteiger partial charge in [-0.2, -0.15) is 5.10 Å². The number of hydrogen-bond donors (Lipinski definition) is 0. The van der Waals surface area contributed by atoms with Crippen molar-refractivity contribution in [3.8, 4) is 0 Å². The van der Waals surface area contributed by atoms with Crippen LogP contribution in [-0.2, 0) is 16.2 Å². The van der Waals surface area contributed by atoms with Crippen molar-refractivity contribution < 1.29 is 14.3 Å². The smallest absolute Gasteiger partial charge is 0.410 e. The molecule has 1 aromatic heterocycles. The van der Waals surface area contributed by atoms with Gasteiger partial charge in [-0.05, 0) is 71.5 Å². The predicted molar refractivity (Wildman–Crippen MR) is 147 cm³/mol. The van der Waals surface area contributed by atoms with Gasteiger partial charge < -0.3 is 24.2 Å². The minimum Gasteiger partial charge on any atom is -0.444 e. The summed E-state index contributed by atoms with van der Waals surface area (Å²) < 4.78 is 13.3. The summed E-state index contributed by atoms with van der Waals surface area (Å²) in [4.78, 5) is 19.3. The third-order valence-electron chi connectivity index (χ3n) is 7.96. The van der Waals surface area contributed by atoms with Crippen LogP contribution in [0.15, 0.2) is 12.4 Å². The second kappa shape index (κ2) is 11.0. The van der Waals surface area contributed by atoms with Crippen molar-refractivity contribution in [2.24, 2.45) is 11.3 Å². The summed E-state index contributed by atoms with van der Waals surface area (Å²) in [7, 11) is -1.05. The van der Waals surface area contributed by atoms with Gasteiger partial charge in [0.1, 0.15) is 12.3 Å². The zero-order valence-electron chi connectivity index (χ0n) is 23.6. The Labute approximate surface area is 219 Å². The molecule has 0 aromatic carbocycles. The molecule has 0 bridgehead atoms. The van der Waals surface area contributed by atoms with Gasteiger partial charge in [-0.15, -0.1) is 0 Å². The van der Waals surface area contributed by atoms with Crippen LogP contribution in [-0.4, -0.2) is 91.8 Å². The number of hydrogen-bond acceptors (Lipinski definition) is 6. The molecule has 0 atom stereocenters. The Kier molecular flexibility index (Phi) is 8.41. The van der Waals surface area contributed by atoms with Crippen LogP contribution in [0.4, 0.5) is 10.5 Å². The zero-order valence-corrected chi connectivity index (χ0v) is 24.6. The summed E-state index contributed by atoms with van der Waals surface area (Å²) in [5, 5.41) is 4.52. The molecule has 4 heterocycles. The van der Waals surface area contributed by atoms with Crippen molar-refractivity contribution >= 4 is 19.9 Å². The minimum absolute atomic E-state index is 0.151. The number of aromatic nitrogens is 2. The average Bonchev–Trinajstić information content (AvgIpc) is 3.23. The number of likely N-dealkylation sites (tertiary alicyclic amines) is 2. The van der Waals surface area contributed by atoms with Crippen molar-refractivity contribution in [2.45, 2.75) is 84.5 Å². The molecule has 3 fully saturated rings. The Morgan fingerprint density at radius 3 is 2.39 bits per heavy atom. The van der Waals surface area contributed by atoms with Gasteiger partial charge in [0.2, 0.25) is 0 Å². The molecule has 3 aliphatic heterocycles. The van der Waals surface area contributed by atoms with Gasteiger partial charge in [-0.1, -0.05) is 19.6 Å². The molecule has 1 spiro atoms. The van der Waals surface area contributed by atoms with Crippen molar-refractivity contribution in [3.63, 3.8) is 0 Å². The molecule has 1 amide bonds. The first-order chi connectivity index (χ1) is 16.9. The molecule has 0 saturated carbocycles. The van der Waals surface area contributed by atoms with Crippen molar-refractivity contribution in [1.29, 1.82) is 0 Å². The zero-order chi connectivity index (χ0) is 26.0. The van der Waals surface area contributed by atoms with Crippen LogP contribution in [0.25, 0.3) is 0 Å². The van der Waals surface area contributed by atoms with Gasteiger partial charge in [0.05, 0.1) is 18.1 Å². The van der Waals surface area contributed by atoms with E-state index in [1.54, 1.807) is 0 Å². The van der Waals surface area contributed by atoms with Crippen LogP contribution in [0.1, 0.15) is 46.5 Å². The van der Waals surface area contributed by atoms with Crippen molar-refractivity contribution in [1.82, 2.24) is 19.6 Å². The Morgan fingerprint density at radius 1 is 1.11 bits per heavy atom. The molecule has 204 valence electrons. The number of carbonyl (C=O) groups excluding carboxylic acids is 1. The quantitative estimate of drug-likeness (QED) is 0.365. The van der Waals surface area contributed by atoms with E-state index in [9.17, 15) is 4.79 Å². The molecular formula is C27H49N5O3Si. The first kappa shape index (κ1) is 27.5. The summed E-state index contributed by atoms with van der Waals surface area (Å²) in [6, 6.07) is 1.19. The monoisotopic (exact) mass is 519 g/mol. The summed E-state index contributed by atoms with van der Waals surface area (Å²) in [6.45, 7) is 21.8. The van der Waals surface area contributed by atoms with Crippen LogP contribution in [0, 0.1) is 11.3 Å². The molecule has 3 aliphatic rings. The summed E-state index contributed by atoms with van der Waals surface area (Å²) in [6.07, 6.45) is 8.86. The van der Waals surface area contributed by atoms with E-state index in [-0.39, 0.29) is 6.09 Å². The lowest BCUT2D eigenvalue weighted by atomic mass is 9.72. The molecule has 0 unspecified atom stereocenters. The van der Waals surface area contributed by atoms with E-state index >= 15 is 0 Å². The van der Waals surface area contributed by atoms with E-state index in [2.05, 4.69) is 40.7 Å². The first-order valence-electron chi connectivity index (χ1n) is 14.0. The summed E-state index contributed by atoms with van der Waals surface area (Å²) >= 11 is 0.